The minimum Gasteiger partial charge on any atom is -0.355 e. The van der Waals surface area contributed by atoms with Crippen molar-refractivity contribution in [2.75, 3.05) is 4.72 Å². The van der Waals surface area contributed by atoms with Gasteiger partial charge in [-0.3, -0.25) is 4.72 Å². The summed E-state index contributed by atoms with van der Waals surface area (Å²) in [4.78, 5) is 1.69. The van der Waals surface area contributed by atoms with Gasteiger partial charge in [0.2, 0.25) is 0 Å². The molecular formula is C17H17BrN2O3S2. The average molecular weight is 441 g/mol. The Kier molecular flexibility index (Phi) is 4.78. The number of nitrogens with zero attached hydrogens (tertiary/aromatic N) is 1. The Morgan fingerprint density at radius 2 is 1.88 bits per heavy atom. The van der Waals surface area contributed by atoms with Crippen LogP contribution in [0.25, 0.3) is 10.6 Å². The number of aromatic nitrogens is 1. The van der Waals surface area contributed by atoms with Gasteiger partial charge in [0, 0.05) is 14.9 Å². The summed E-state index contributed by atoms with van der Waals surface area (Å²) in [5.74, 6) is 0.614. The average Bonchev–Trinajstić information content (AvgIpc) is 3.06. The van der Waals surface area contributed by atoms with E-state index in [2.05, 4.69) is 25.8 Å². The van der Waals surface area contributed by atoms with Crippen LogP contribution in [0, 0.1) is 27.7 Å². The zero-order chi connectivity index (χ0) is 18.4. The monoisotopic (exact) mass is 440 g/mol. The van der Waals surface area contributed by atoms with Crippen LogP contribution < -0.4 is 4.72 Å². The first-order valence-electron chi connectivity index (χ1n) is 7.51. The third-order valence-corrected chi connectivity index (χ3v) is 7.24. The molecule has 1 aromatic carbocycles. The summed E-state index contributed by atoms with van der Waals surface area (Å²) in [6, 6.07) is 7.10. The quantitative estimate of drug-likeness (QED) is 0.604. The van der Waals surface area contributed by atoms with Gasteiger partial charge in [-0.15, -0.1) is 11.3 Å². The normalized spacial score (nSPS) is 11.7. The molecule has 8 heteroatoms. The van der Waals surface area contributed by atoms with E-state index in [9.17, 15) is 8.42 Å². The van der Waals surface area contributed by atoms with Crippen molar-refractivity contribution in [3.63, 3.8) is 0 Å². The van der Waals surface area contributed by atoms with E-state index in [-0.39, 0.29) is 4.90 Å². The summed E-state index contributed by atoms with van der Waals surface area (Å²) < 4.78 is 34.3. The maximum Gasteiger partial charge on any atom is 0.263 e. The summed E-state index contributed by atoms with van der Waals surface area (Å²) in [7, 11) is -3.70. The van der Waals surface area contributed by atoms with Crippen molar-refractivity contribution in [1.29, 1.82) is 0 Å². The van der Waals surface area contributed by atoms with Gasteiger partial charge in [0.25, 0.3) is 10.0 Å². The molecule has 132 valence electrons. The van der Waals surface area contributed by atoms with Crippen molar-refractivity contribution in [1.82, 2.24) is 5.16 Å². The highest BCUT2D eigenvalue weighted by molar-refractivity contribution is 9.10. The summed E-state index contributed by atoms with van der Waals surface area (Å²) in [5, 5.41) is 3.94. The maximum absolute atomic E-state index is 12.8. The summed E-state index contributed by atoms with van der Waals surface area (Å²) in [6.07, 6.45) is 0. The van der Waals surface area contributed by atoms with Crippen LogP contribution in [-0.4, -0.2) is 13.6 Å². The topological polar surface area (TPSA) is 72.2 Å². The molecule has 1 N–H and O–H groups in total. The van der Waals surface area contributed by atoms with Gasteiger partial charge in [0.15, 0.2) is 5.76 Å². The Labute approximate surface area is 159 Å². The van der Waals surface area contributed by atoms with Crippen LogP contribution >= 0.6 is 27.3 Å². The molecule has 5 nitrogen and oxygen atoms in total. The molecule has 0 saturated carbocycles. The number of aryl methyl sites for hydroxylation is 3. The molecule has 3 rings (SSSR count). The molecule has 0 atom stereocenters. The Morgan fingerprint density at radius 1 is 1.16 bits per heavy atom. The fourth-order valence-corrected chi connectivity index (χ4v) is 5.82. The number of anilines is 1. The zero-order valence-corrected chi connectivity index (χ0v) is 17.4. The van der Waals surface area contributed by atoms with E-state index in [1.165, 1.54) is 11.3 Å². The van der Waals surface area contributed by atoms with Crippen LogP contribution in [0.2, 0.25) is 0 Å². The zero-order valence-electron chi connectivity index (χ0n) is 14.2. The number of hydrogen-bond acceptors (Lipinski definition) is 5. The van der Waals surface area contributed by atoms with Crippen LogP contribution in [0.15, 0.2) is 38.2 Å². The fourth-order valence-electron chi connectivity index (χ4n) is 2.39. The molecule has 2 aromatic heterocycles. The Balaban J connectivity index is 1.99. The largest absolute Gasteiger partial charge is 0.355 e. The van der Waals surface area contributed by atoms with Crippen molar-refractivity contribution in [2.45, 2.75) is 32.6 Å². The molecule has 0 spiro atoms. The van der Waals surface area contributed by atoms with E-state index in [1.807, 2.05) is 32.9 Å². The predicted molar refractivity (Wildman–Crippen MR) is 104 cm³/mol. The lowest BCUT2D eigenvalue weighted by atomic mass is 10.2. The minimum atomic E-state index is -3.70. The smallest absolute Gasteiger partial charge is 0.263 e. The molecule has 0 amide bonds. The first-order valence-corrected chi connectivity index (χ1v) is 10.6. The van der Waals surface area contributed by atoms with Crippen LogP contribution in [0.4, 0.5) is 5.69 Å². The van der Waals surface area contributed by atoms with Gasteiger partial charge in [-0.25, -0.2) is 8.42 Å². The SMILES string of the molecule is Cc1ccc(NS(=O)(=O)c2cc(-c3onc(C)c3C)sc2C)c(Br)c1. The summed E-state index contributed by atoms with van der Waals surface area (Å²) in [5.41, 5.74) is 3.26. The molecular weight excluding hydrogens is 424 g/mol. The van der Waals surface area contributed by atoms with Crippen molar-refractivity contribution in [3.8, 4) is 10.6 Å². The van der Waals surface area contributed by atoms with Gasteiger partial charge in [-0.05, 0) is 67.4 Å². The fraction of sp³-hybridized carbons (Fsp3) is 0.235. The van der Waals surface area contributed by atoms with Gasteiger partial charge >= 0.3 is 0 Å². The number of sulfonamides is 1. The van der Waals surface area contributed by atoms with E-state index in [0.29, 0.717) is 20.8 Å². The lowest BCUT2D eigenvalue weighted by molar-refractivity contribution is 0.427. The third kappa shape index (κ3) is 3.51. The van der Waals surface area contributed by atoms with Crippen molar-refractivity contribution in [2.24, 2.45) is 0 Å². The molecule has 0 bridgehead atoms. The lowest BCUT2D eigenvalue weighted by Gasteiger charge is -2.10. The van der Waals surface area contributed by atoms with Crippen LogP contribution in [-0.2, 0) is 10.0 Å². The highest BCUT2D eigenvalue weighted by Gasteiger charge is 2.23. The Hall–Kier alpha value is -1.64. The number of hydrogen-bond donors (Lipinski definition) is 1. The minimum absolute atomic E-state index is 0.244. The number of rotatable bonds is 4. The summed E-state index contributed by atoms with van der Waals surface area (Å²) in [6.45, 7) is 7.49. The van der Waals surface area contributed by atoms with Gasteiger partial charge in [-0.1, -0.05) is 11.2 Å². The molecule has 0 aliphatic carbocycles. The molecule has 25 heavy (non-hydrogen) atoms. The maximum atomic E-state index is 12.8. The Morgan fingerprint density at radius 3 is 2.48 bits per heavy atom. The summed E-state index contributed by atoms with van der Waals surface area (Å²) >= 11 is 4.77. The van der Waals surface area contributed by atoms with Crippen LogP contribution in [0.3, 0.4) is 0 Å². The highest BCUT2D eigenvalue weighted by atomic mass is 79.9. The molecule has 2 heterocycles. The molecule has 0 radical (unpaired) electrons. The van der Waals surface area contributed by atoms with E-state index in [0.717, 1.165) is 21.7 Å². The second-order valence-corrected chi connectivity index (χ2v) is 9.60. The number of nitrogens with one attached hydrogen (secondary N) is 1. The third-order valence-electron chi connectivity index (χ3n) is 3.91. The van der Waals surface area contributed by atoms with Gasteiger partial charge in [0.05, 0.1) is 16.3 Å². The van der Waals surface area contributed by atoms with E-state index in [4.69, 9.17) is 4.52 Å². The van der Waals surface area contributed by atoms with Crippen LogP contribution in [0.1, 0.15) is 21.7 Å². The predicted octanol–water partition coefficient (Wildman–Crippen LogP) is 5.20. The molecule has 0 aliphatic rings. The molecule has 0 fully saturated rings. The second-order valence-electron chi connectivity index (χ2n) is 5.84. The number of benzene rings is 1. The Bertz CT molecular complexity index is 1050. The molecule has 3 aromatic rings. The molecule has 0 saturated heterocycles. The standard InChI is InChI=1S/C17H17BrN2O3S2/c1-9-5-6-14(13(18)7-9)20-25(21,22)16-8-15(24-12(16)4)17-10(2)11(3)19-23-17/h5-8,20H,1-4H3. The van der Waals surface area contributed by atoms with E-state index in [1.54, 1.807) is 19.1 Å². The van der Waals surface area contributed by atoms with Gasteiger partial charge in [-0.2, -0.15) is 0 Å². The van der Waals surface area contributed by atoms with E-state index < -0.39 is 10.0 Å². The second kappa shape index (κ2) is 6.59. The first-order chi connectivity index (χ1) is 11.7. The lowest BCUT2D eigenvalue weighted by Crippen LogP contribution is -2.13. The van der Waals surface area contributed by atoms with Crippen molar-refractivity contribution >= 4 is 43.0 Å². The molecule has 0 aliphatic heterocycles. The van der Waals surface area contributed by atoms with Gasteiger partial charge in [0.1, 0.15) is 4.90 Å². The van der Waals surface area contributed by atoms with Gasteiger partial charge < -0.3 is 4.52 Å². The van der Waals surface area contributed by atoms with E-state index >= 15 is 0 Å². The number of halogens is 1. The highest BCUT2D eigenvalue weighted by Crippen LogP contribution is 2.37. The number of thiophene rings is 1. The van der Waals surface area contributed by atoms with Crippen molar-refractivity contribution < 1.29 is 12.9 Å². The first kappa shape index (κ1) is 18.2. The molecule has 0 unspecified atom stereocenters. The van der Waals surface area contributed by atoms with Crippen molar-refractivity contribution in [3.05, 3.63) is 50.4 Å². The van der Waals surface area contributed by atoms with Crippen LogP contribution in [0.5, 0.6) is 0 Å².